The van der Waals surface area contributed by atoms with Crippen molar-refractivity contribution in [3.8, 4) is 5.75 Å². The Morgan fingerprint density at radius 3 is 2.70 bits per heavy atom. The molecule has 2 aromatic rings. The second-order valence-corrected chi connectivity index (χ2v) is 6.10. The van der Waals surface area contributed by atoms with Gasteiger partial charge in [-0.2, -0.15) is 0 Å². The number of hydrogen-bond acceptors (Lipinski definition) is 2. The van der Waals surface area contributed by atoms with Crippen LogP contribution in [0.15, 0.2) is 46.9 Å². The minimum Gasteiger partial charge on any atom is -0.485 e. The summed E-state index contributed by atoms with van der Waals surface area (Å²) in [6, 6.07) is 15.0. The van der Waals surface area contributed by atoms with Gasteiger partial charge in [0.2, 0.25) is 0 Å². The number of fused-ring (bicyclic) bond motifs is 1. The van der Waals surface area contributed by atoms with E-state index < -0.39 is 0 Å². The van der Waals surface area contributed by atoms with Gasteiger partial charge in [-0.25, -0.2) is 0 Å². The van der Waals surface area contributed by atoms with E-state index in [0.29, 0.717) is 6.04 Å². The van der Waals surface area contributed by atoms with Crippen LogP contribution >= 0.6 is 15.9 Å². The Morgan fingerprint density at radius 2 is 1.95 bits per heavy atom. The molecule has 0 aliphatic carbocycles. The molecule has 0 aromatic heterocycles. The SMILES string of the molecule is CNC1CC(c2ccccc2Br)Oc2ccc(C)cc21. The van der Waals surface area contributed by atoms with E-state index in [1.54, 1.807) is 0 Å². The molecule has 3 rings (SSSR count). The molecule has 0 bridgehead atoms. The number of hydrogen-bond donors (Lipinski definition) is 1. The molecule has 1 N–H and O–H groups in total. The molecule has 0 amide bonds. The summed E-state index contributed by atoms with van der Waals surface area (Å²) in [6.45, 7) is 2.12. The summed E-state index contributed by atoms with van der Waals surface area (Å²) in [5.41, 5.74) is 3.74. The maximum atomic E-state index is 6.22. The first-order valence-electron chi connectivity index (χ1n) is 6.88. The Balaban J connectivity index is 1.99. The fourth-order valence-corrected chi connectivity index (χ4v) is 3.33. The topological polar surface area (TPSA) is 21.3 Å². The van der Waals surface area contributed by atoms with Gasteiger partial charge in [0.15, 0.2) is 0 Å². The maximum absolute atomic E-state index is 6.22. The Hall–Kier alpha value is -1.32. The summed E-state index contributed by atoms with van der Waals surface area (Å²) in [6.07, 6.45) is 1.02. The summed E-state index contributed by atoms with van der Waals surface area (Å²) in [5.74, 6) is 0.988. The third kappa shape index (κ3) is 2.48. The fourth-order valence-electron chi connectivity index (χ4n) is 2.79. The van der Waals surface area contributed by atoms with Crippen molar-refractivity contribution < 1.29 is 4.74 Å². The zero-order chi connectivity index (χ0) is 14.1. The molecule has 1 aliphatic rings. The van der Waals surface area contributed by atoms with E-state index in [1.807, 2.05) is 13.1 Å². The van der Waals surface area contributed by atoms with Crippen molar-refractivity contribution in [3.63, 3.8) is 0 Å². The van der Waals surface area contributed by atoms with Crippen LogP contribution in [0, 0.1) is 6.92 Å². The van der Waals surface area contributed by atoms with E-state index in [1.165, 1.54) is 16.7 Å². The highest BCUT2D eigenvalue weighted by molar-refractivity contribution is 9.10. The average molecular weight is 332 g/mol. The largest absolute Gasteiger partial charge is 0.485 e. The minimum absolute atomic E-state index is 0.0817. The Morgan fingerprint density at radius 1 is 1.15 bits per heavy atom. The molecular weight excluding hydrogens is 314 g/mol. The van der Waals surface area contributed by atoms with Crippen molar-refractivity contribution in [1.82, 2.24) is 5.32 Å². The van der Waals surface area contributed by atoms with E-state index in [0.717, 1.165) is 16.6 Å². The van der Waals surface area contributed by atoms with Gasteiger partial charge < -0.3 is 10.1 Å². The van der Waals surface area contributed by atoms with E-state index in [4.69, 9.17) is 4.74 Å². The Labute approximate surface area is 128 Å². The van der Waals surface area contributed by atoms with Gasteiger partial charge in [-0.15, -0.1) is 0 Å². The number of nitrogens with one attached hydrogen (secondary N) is 1. The molecule has 1 aliphatic heterocycles. The fraction of sp³-hybridized carbons (Fsp3) is 0.294. The van der Waals surface area contributed by atoms with Crippen molar-refractivity contribution in [3.05, 3.63) is 63.6 Å². The number of halogens is 1. The van der Waals surface area contributed by atoms with E-state index in [9.17, 15) is 0 Å². The van der Waals surface area contributed by atoms with Gasteiger partial charge in [0.25, 0.3) is 0 Å². The summed E-state index contributed by atoms with van der Waals surface area (Å²) in [5, 5.41) is 3.41. The molecule has 0 saturated heterocycles. The van der Waals surface area contributed by atoms with E-state index in [-0.39, 0.29) is 6.10 Å². The number of ether oxygens (including phenoxy) is 1. The summed E-state index contributed by atoms with van der Waals surface area (Å²) in [4.78, 5) is 0. The molecule has 3 heteroatoms. The lowest BCUT2D eigenvalue weighted by Gasteiger charge is -2.33. The lowest BCUT2D eigenvalue weighted by molar-refractivity contribution is 0.153. The third-order valence-electron chi connectivity index (χ3n) is 3.86. The van der Waals surface area contributed by atoms with Crippen molar-refractivity contribution >= 4 is 15.9 Å². The smallest absolute Gasteiger partial charge is 0.127 e. The molecule has 104 valence electrons. The standard InChI is InChI=1S/C17H18BrNO/c1-11-7-8-16-13(9-11)15(19-2)10-17(20-16)12-5-3-4-6-14(12)18/h3-9,15,17,19H,10H2,1-2H3. The van der Waals surface area contributed by atoms with Crippen molar-refractivity contribution in [1.29, 1.82) is 0 Å². The quantitative estimate of drug-likeness (QED) is 0.872. The Kier molecular flexibility index (Phi) is 3.81. The highest BCUT2D eigenvalue weighted by atomic mass is 79.9. The molecule has 2 aromatic carbocycles. The first kappa shape index (κ1) is 13.7. The van der Waals surface area contributed by atoms with Gasteiger partial charge >= 0.3 is 0 Å². The van der Waals surface area contributed by atoms with Crippen LogP contribution in [-0.4, -0.2) is 7.05 Å². The van der Waals surface area contributed by atoms with Crippen molar-refractivity contribution in [2.45, 2.75) is 25.5 Å². The monoisotopic (exact) mass is 331 g/mol. The number of rotatable bonds is 2. The zero-order valence-electron chi connectivity index (χ0n) is 11.7. The molecule has 0 spiro atoms. The van der Waals surface area contributed by atoms with Gasteiger partial charge in [-0.3, -0.25) is 0 Å². The molecule has 1 heterocycles. The maximum Gasteiger partial charge on any atom is 0.127 e. The van der Waals surface area contributed by atoms with Gasteiger partial charge in [-0.05, 0) is 26.1 Å². The van der Waals surface area contributed by atoms with Gasteiger partial charge in [-0.1, -0.05) is 51.8 Å². The van der Waals surface area contributed by atoms with Gasteiger partial charge in [0, 0.05) is 28.1 Å². The van der Waals surface area contributed by atoms with E-state index in [2.05, 4.69) is 64.6 Å². The first-order valence-corrected chi connectivity index (χ1v) is 7.67. The van der Waals surface area contributed by atoms with Crippen LogP contribution < -0.4 is 10.1 Å². The first-order chi connectivity index (χ1) is 9.69. The normalized spacial score (nSPS) is 21.1. The highest BCUT2D eigenvalue weighted by Crippen LogP contribution is 2.42. The molecule has 2 atom stereocenters. The summed E-state index contributed by atoms with van der Waals surface area (Å²) >= 11 is 3.62. The van der Waals surface area contributed by atoms with Crippen LogP contribution in [0.1, 0.15) is 35.3 Å². The number of aryl methyl sites for hydroxylation is 1. The van der Waals surface area contributed by atoms with Crippen LogP contribution in [0.2, 0.25) is 0 Å². The summed E-state index contributed by atoms with van der Waals surface area (Å²) < 4.78 is 7.32. The predicted octanol–water partition coefficient (Wildman–Crippen LogP) is 4.54. The number of benzene rings is 2. The Bertz CT molecular complexity index is 626. The van der Waals surface area contributed by atoms with Gasteiger partial charge in [0.05, 0.1) is 0 Å². The average Bonchev–Trinajstić information content (AvgIpc) is 2.46. The van der Waals surface area contributed by atoms with Crippen molar-refractivity contribution in [2.24, 2.45) is 0 Å². The zero-order valence-corrected chi connectivity index (χ0v) is 13.3. The highest BCUT2D eigenvalue weighted by Gasteiger charge is 2.29. The molecule has 2 nitrogen and oxygen atoms in total. The minimum atomic E-state index is 0.0817. The van der Waals surface area contributed by atoms with E-state index >= 15 is 0 Å². The van der Waals surface area contributed by atoms with Crippen LogP contribution in [0.3, 0.4) is 0 Å². The van der Waals surface area contributed by atoms with Crippen molar-refractivity contribution in [2.75, 3.05) is 7.05 Å². The van der Waals surface area contributed by atoms with Crippen LogP contribution in [-0.2, 0) is 0 Å². The van der Waals surface area contributed by atoms with Crippen LogP contribution in [0.5, 0.6) is 5.75 Å². The van der Waals surface area contributed by atoms with Crippen LogP contribution in [0.25, 0.3) is 0 Å². The summed E-state index contributed by atoms with van der Waals surface area (Å²) in [7, 11) is 2.01. The molecule has 2 unspecified atom stereocenters. The lowest BCUT2D eigenvalue weighted by Crippen LogP contribution is -2.27. The molecule has 0 radical (unpaired) electrons. The molecular formula is C17H18BrNO. The lowest BCUT2D eigenvalue weighted by atomic mass is 9.92. The van der Waals surface area contributed by atoms with Gasteiger partial charge in [0.1, 0.15) is 11.9 Å². The second-order valence-electron chi connectivity index (χ2n) is 5.25. The molecule has 0 saturated carbocycles. The molecule has 20 heavy (non-hydrogen) atoms. The second kappa shape index (κ2) is 5.58. The molecule has 0 fully saturated rings. The van der Waals surface area contributed by atoms with Crippen LogP contribution in [0.4, 0.5) is 0 Å². The third-order valence-corrected chi connectivity index (χ3v) is 4.58. The predicted molar refractivity (Wildman–Crippen MR) is 85.1 cm³/mol.